The molecule has 1 aromatic heterocycles. The van der Waals surface area contributed by atoms with Crippen LogP contribution in [0.25, 0.3) is 0 Å². The minimum Gasteiger partial charge on any atom is -0.493 e. The summed E-state index contributed by atoms with van der Waals surface area (Å²) in [5, 5.41) is 8.31. The molecule has 2 aromatic rings. The van der Waals surface area contributed by atoms with E-state index in [-0.39, 0.29) is 24.3 Å². The van der Waals surface area contributed by atoms with Crippen molar-refractivity contribution >= 4 is 34.0 Å². The highest BCUT2D eigenvalue weighted by atomic mass is 32.1. The number of benzene rings is 1. The second kappa shape index (κ2) is 10.5. The smallest absolute Gasteiger partial charge is 0.238 e. The van der Waals surface area contributed by atoms with E-state index >= 15 is 0 Å². The number of likely N-dealkylation sites (tertiary alicyclic amines) is 1. The summed E-state index contributed by atoms with van der Waals surface area (Å²) in [6, 6.07) is 3.38. The fourth-order valence-electron chi connectivity index (χ4n) is 3.53. The summed E-state index contributed by atoms with van der Waals surface area (Å²) in [5.74, 6) is 1.19. The number of piperidine rings is 1. The summed E-state index contributed by atoms with van der Waals surface area (Å²) < 4.78 is 15.9. The fraction of sp³-hybridized carbons (Fsp3) is 0.476. The number of hydrogen-bond acceptors (Lipinski definition) is 8. The van der Waals surface area contributed by atoms with E-state index in [0.29, 0.717) is 54.0 Å². The first-order chi connectivity index (χ1) is 14.9. The number of anilines is 2. The highest BCUT2D eigenvalue weighted by Gasteiger charge is 2.26. The van der Waals surface area contributed by atoms with Gasteiger partial charge in [0.1, 0.15) is 0 Å². The van der Waals surface area contributed by atoms with Crippen LogP contribution in [0.5, 0.6) is 17.2 Å². The van der Waals surface area contributed by atoms with Gasteiger partial charge in [0.2, 0.25) is 17.6 Å². The third-order valence-corrected chi connectivity index (χ3v) is 6.00. The Kier molecular flexibility index (Phi) is 7.69. The van der Waals surface area contributed by atoms with E-state index in [1.54, 1.807) is 12.1 Å². The monoisotopic (exact) mass is 448 g/mol. The number of aromatic nitrogens is 1. The van der Waals surface area contributed by atoms with Crippen LogP contribution in [0, 0.1) is 12.8 Å². The zero-order valence-corrected chi connectivity index (χ0v) is 19.0. The number of carbonyl (C=O) groups excluding carboxylic acids is 2. The summed E-state index contributed by atoms with van der Waals surface area (Å²) >= 11 is 1.43. The molecule has 168 valence electrons. The van der Waals surface area contributed by atoms with Crippen LogP contribution < -0.4 is 24.8 Å². The normalized spacial score (nSPS) is 14.7. The van der Waals surface area contributed by atoms with Gasteiger partial charge in [-0.2, -0.15) is 0 Å². The molecule has 2 amide bonds. The number of carbonyl (C=O) groups is 2. The summed E-state index contributed by atoms with van der Waals surface area (Å²) in [4.78, 5) is 31.3. The van der Waals surface area contributed by atoms with E-state index in [9.17, 15) is 9.59 Å². The molecule has 2 N–H and O–H groups in total. The van der Waals surface area contributed by atoms with Crippen LogP contribution in [0.1, 0.15) is 18.5 Å². The number of nitrogens with one attached hydrogen (secondary N) is 2. The number of methoxy groups -OCH3 is 3. The summed E-state index contributed by atoms with van der Waals surface area (Å²) in [6.07, 6.45) is 1.40. The molecule has 1 aliphatic heterocycles. The molecule has 0 atom stereocenters. The van der Waals surface area contributed by atoms with Crippen LogP contribution >= 0.6 is 11.3 Å². The van der Waals surface area contributed by atoms with Crippen LogP contribution in [0.3, 0.4) is 0 Å². The van der Waals surface area contributed by atoms with Gasteiger partial charge in [0.05, 0.1) is 33.6 Å². The van der Waals surface area contributed by atoms with Crippen LogP contribution in [-0.4, -0.2) is 62.7 Å². The maximum absolute atomic E-state index is 12.5. The largest absolute Gasteiger partial charge is 0.493 e. The van der Waals surface area contributed by atoms with Crippen molar-refractivity contribution in [2.24, 2.45) is 5.92 Å². The van der Waals surface area contributed by atoms with E-state index in [2.05, 4.69) is 15.6 Å². The number of nitrogens with zero attached hydrogens (tertiary/aromatic N) is 2. The molecule has 0 radical (unpaired) electrons. The minimum absolute atomic E-state index is 0.00382. The lowest BCUT2D eigenvalue weighted by atomic mass is 9.96. The molecule has 1 fully saturated rings. The molecule has 3 rings (SSSR count). The van der Waals surface area contributed by atoms with E-state index < -0.39 is 0 Å². The van der Waals surface area contributed by atoms with Crippen LogP contribution in [0.15, 0.2) is 17.5 Å². The lowest BCUT2D eigenvalue weighted by Crippen LogP contribution is -2.41. The minimum atomic E-state index is -0.143. The van der Waals surface area contributed by atoms with Crippen molar-refractivity contribution in [1.82, 2.24) is 9.88 Å². The summed E-state index contributed by atoms with van der Waals surface area (Å²) in [5.41, 5.74) is 1.46. The Morgan fingerprint density at radius 2 is 1.74 bits per heavy atom. The molecular weight excluding hydrogens is 420 g/mol. The Bertz CT molecular complexity index is 899. The summed E-state index contributed by atoms with van der Waals surface area (Å²) in [7, 11) is 4.58. The molecule has 0 spiro atoms. The second-order valence-electron chi connectivity index (χ2n) is 7.30. The molecule has 1 aromatic carbocycles. The predicted octanol–water partition coefficient (Wildman–Crippen LogP) is 2.77. The van der Waals surface area contributed by atoms with Crippen molar-refractivity contribution in [3.8, 4) is 17.2 Å². The highest BCUT2D eigenvalue weighted by molar-refractivity contribution is 7.13. The van der Waals surface area contributed by atoms with Crippen molar-refractivity contribution < 1.29 is 23.8 Å². The van der Waals surface area contributed by atoms with Crippen LogP contribution in [0.2, 0.25) is 0 Å². The maximum atomic E-state index is 12.5. The Morgan fingerprint density at radius 3 is 2.26 bits per heavy atom. The zero-order chi connectivity index (χ0) is 22.4. The Morgan fingerprint density at radius 1 is 1.10 bits per heavy atom. The van der Waals surface area contributed by atoms with Gasteiger partial charge >= 0.3 is 0 Å². The third kappa shape index (κ3) is 5.86. The average molecular weight is 449 g/mol. The number of rotatable bonds is 8. The van der Waals surface area contributed by atoms with Crippen LogP contribution in [0.4, 0.5) is 10.8 Å². The molecule has 2 heterocycles. The molecule has 0 aliphatic carbocycles. The van der Waals surface area contributed by atoms with Crippen molar-refractivity contribution in [3.05, 3.63) is 23.2 Å². The zero-order valence-electron chi connectivity index (χ0n) is 18.2. The molecule has 0 bridgehead atoms. The van der Waals surface area contributed by atoms with Crippen molar-refractivity contribution in [1.29, 1.82) is 0 Å². The number of ether oxygens (including phenoxy) is 3. The van der Waals surface area contributed by atoms with Gasteiger partial charge < -0.3 is 24.8 Å². The number of aryl methyl sites for hydroxylation is 1. The van der Waals surface area contributed by atoms with Crippen molar-refractivity contribution in [3.63, 3.8) is 0 Å². The average Bonchev–Trinajstić information content (AvgIpc) is 3.17. The molecular formula is C21H28N4O5S. The van der Waals surface area contributed by atoms with E-state index in [1.807, 2.05) is 17.2 Å². The first-order valence-corrected chi connectivity index (χ1v) is 10.9. The van der Waals surface area contributed by atoms with Crippen molar-refractivity contribution in [2.75, 3.05) is 51.6 Å². The van der Waals surface area contributed by atoms with Gasteiger partial charge in [-0.3, -0.25) is 14.5 Å². The van der Waals surface area contributed by atoms with Gasteiger partial charge in [-0.25, -0.2) is 4.98 Å². The van der Waals surface area contributed by atoms with Gasteiger partial charge in [-0.15, -0.1) is 11.3 Å². The second-order valence-corrected chi connectivity index (χ2v) is 8.15. The molecule has 31 heavy (non-hydrogen) atoms. The van der Waals surface area contributed by atoms with Gasteiger partial charge in [0.25, 0.3) is 0 Å². The Hall–Kier alpha value is -2.85. The highest BCUT2D eigenvalue weighted by Crippen LogP contribution is 2.39. The molecule has 1 saturated heterocycles. The fourth-order valence-corrected chi connectivity index (χ4v) is 4.22. The van der Waals surface area contributed by atoms with E-state index in [1.165, 1.54) is 32.7 Å². The predicted molar refractivity (Wildman–Crippen MR) is 119 cm³/mol. The standard InChI is InChI=1S/C21H28N4O5S/c1-13-12-31-21(22-13)24-20(27)14-5-7-25(8-6-14)11-18(26)23-15-9-16(28-2)19(30-4)17(10-15)29-3/h9-10,12,14H,5-8,11H2,1-4H3,(H,23,26)(H,22,24,27). The first kappa shape index (κ1) is 22.8. The number of thiazole rings is 1. The molecule has 1 aliphatic rings. The number of amides is 2. The van der Waals surface area contributed by atoms with Crippen LogP contribution in [-0.2, 0) is 9.59 Å². The molecule has 0 saturated carbocycles. The van der Waals surface area contributed by atoms with Gasteiger partial charge in [-0.1, -0.05) is 0 Å². The van der Waals surface area contributed by atoms with Gasteiger partial charge in [-0.05, 0) is 32.9 Å². The maximum Gasteiger partial charge on any atom is 0.238 e. The molecule has 10 heteroatoms. The quantitative estimate of drug-likeness (QED) is 0.640. The third-order valence-electron chi connectivity index (χ3n) is 5.12. The topological polar surface area (TPSA) is 102 Å². The lowest BCUT2D eigenvalue weighted by molar-refractivity contribution is -0.121. The van der Waals surface area contributed by atoms with Crippen molar-refractivity contribution in [2.45, 2.75) is 19.8 Å². The lowest BCUT2D eigenvalue weighted by Gasteiger charge is -2.30. The molecule has 9 nitrogen and oxygen atoms in total. The molecule has 0 unspecified atom stereocenters. The Labute approximate surface area is 185 Å². The van der Waals surface area contributed by atoms with Gasteiger partial charge in [0, 0.05) is 29.1 Å². The van der Waals surface area contributed by atoms with E-state index in [0.717, 1.165) is 5.69 Å². The van der Waals surface area contributed by atoms with Gasteiger partial charge in [0.15, 0.2) is 16.6 Å². The first-order valence-electron chi connectivity index (χ1n) is 9.98. The van der Waals surface area contributed by atoms with E-state index in [4.69, 9.17) is 14.2 Å². The SMILES string of the molecule is COc1cc(NC(=O)CN2CCC(C(=O)Nc3nc(C)cs3)CC2)cc(OC)c1OC. The Balaban J connectivity index is 1.50. The summed E-state index contributed by atoms with van der Waals surface area (Å²) in [6.45, 7) is 3.50. The number of hydrogen-bond donors (Lipinski definition) is 2.